The van der Waals surface area contributed by atoms with Gasteiger partial charge in [0.05, 0.1) is 27.7 Å². The molecule has 9 nitrogen and oxygen atoms in total. The number of quaternary nitrogens is 1. The number of likely N-dealkylation sites (N-methyl/N-ethyl adjacent to an activating group) is 1. The highest BCUT2D eigenvalue weighted by Gasteiger charge is 2.22. The summed E-state index contributed by atoms with van der Waals surface area (Å²) in [5.41, 5.74) is 0. The van der Waals surface area contributed by atoms with Gasteiger partial charge in [-0.15, -0.1) is 0 Å². The van der Waals surface area contributed by atoms with Crippen molar-refractivity contribution in [3.63, 3.8) is 0 Å². The van der Waals surface area contributed by atoms with Gasteiger partial charge in [0.25, 0.3) is 7.82 Å². The number of phosphoric ester groups is 1. The molecule has 0 saturated carbocycles. The van der Waals surface area contributed by atoms with Gasteiger partial charge in [0.15, 0.2) is 6.10 Å². The smallest absolute Gasteiger partial charge is 0.306 e. The normalized spacial score (nSPS) is 13.3. The summed E-state index contributed by atoms with van der Waals surface area (Å²) in [6.07, 6.45) is 52.2. The fourth-order valence-corrected chi connectivity index (χ4v) is 9.03. The topological polar surface area (TPSA) is 111 Å². The van der Waals surface area contributed by atoms with Gasteiger partial charge in [-0.1, -0.05) is 258 Å². The first-order valence-corrected chi connectivity index (χ1v) is 29.2. The Morgan fingerprint density at radius 2 is 0.703 bits per heavy atom. The SMILES string of the molecule is CCCCCCCCCCCCCCCCCCCCCCCCCCCCCCCCCCCCC(=O)OC(COC(=O)CCCCCCCC)COP(=O)([O-])OCC[N+](C)(C)C. The lowest BCUT2D eigenvalue weighted by atomic mass is 10.0. The van der Waals surface area contributed by atoms with Crippen molar-refractivity contribution in [1.82, 2.24) is 0 Å². The molecule has 2 unspecified atom stereocenters. The van der Waals surface area contributed by atoms with Crippen molar-refractivity contribution in [3.05, 3.63) is 0 Å². The molecule has 0 aromatic carbocycles. The minimum Gasteiger partial charge on any atom is -0.756 e. The molecule has 0 N–H and O–H groups in total. The molecule has 2 atom stereocenters. The second-order valence-corrected chi connectivity index (χ2v) is 21.7. The summed E-state index contributed by atoms with van der Waals surface area (Å²) in [5.74, 6) is -0.828. The first-order valence-electron chi connectivity index (χ1n) is 27.7. The van der Waals surface area contributed by atoms with Crippen LogP contribution in [0.5, 0.6) is 0 Å². The van der Waals surface area contributed by atoms with Gasteiger partial charge >= 0.3 is 11.9 Å². The lowest BCUT2D eigenvalue weighted by Gasteiger charge is -2.28. The van der Waals surface area contributed by atoms with Gasteiger partial charge in [-0.05, 0) is 12.8 Å². The molecule has 0 spiro atoms. The quantitative estimate of drug-likeness (QED) is 0.0257. The summed E-state index contributed by atoms with van der Waals surface area (Å²) in [5, 5.41) is 0. The van der Waals surface area contributed by atoms with E-state index in [-0.39, 0.29) is 32.0 Å². The second kappa shape index (κ2) is 47.1. The van der Waals surface area contributed by atoms with Crippen molar-refractivity contribution < 1.29 is 42.1 Å². The average Bonchev–Trinajstić information content (AvgIpc) is 3.25. The van der Waals surface area contributed by atoms with Crippen LogP contribution in [0.2, 0.25) is 0 Å². The Kier molecular flexibility index (Phi) is 46.4. The van der Waals surface area contributed by atoms with E-state index < -0.39 is 26.5 Å². The first kappa shape index (κ1) is 63.0. The van der Waals surface area contributed by atoms with Gasteiger partial charge in [0.1, 0.15) is 19.8 Å². The van der Waals surface area contributed by atoms with Crippen molar-refractivity contribution in [2.45, 2.75) is 290 Å². The number of nitrogens with zero attached hydrogens (tertiary/aromatic N) is 1. The molecule has 0 aliphatic rings. The van der Waals surface area contributed by atoms with Crippen molar-refractivity contribution in [2.24, 2.45) is 0 Å². The van der Waals surface area contributed by atoms with E-state index in [1.807, 2.05) is 21.1 Å². The molecule has 0 saturated heterocycles. The van der Waals surface area contributed by atoms with Crippen LogP contribution in [0.1, 0.15) is 284 Å². The molecule has 0 bridgehead atoms. The summed E-state index contributed by atoms with van der Waals surface area (Å²) in [6, 6.07) is 0. The number of ether oxygens (including phenoxy) is 2. The molecule has 0 amide bonds. The molecule has 0 aromatic heterocycles. The van der Waals surface area contributed by atoms with Crippen LogP contribution in [-0.4, -0.2) is 70.0 Å². The molecular formula is C54H108NO8P. The van der Waals surface area contributed by atoms with Crippen LogP contribution in [-0.2, 0) is 32.7 Å². The Bertz CT molecular complexity index is 1050. The Morgan fingerprint density at radius 1 is 0.422 bits per heavy atom. The van der Waals surface area contributed by atoms with Gasteiger partial charge in [-0.2, -0.15) is 0 Å². The van der Waals surface area contributed by atoms with Crippen molar-refractivity contribution >= 4 is 19.8 Å². The Balaban J connectivity index is 3.78. The minimum atomic E-state index is -4.61. The lowest BCUT2D eigenvalue weighted by Crippen LogP contribution is -2.37. The second-order valence-electron chi connectivity index (χ2n) is 20.3. The summed E-state index contributed by atoms with van der Waals surface area (Å²) >= 11 is 0. The van der Waals surface area contributed by atoms with Crippen molar-refractivity contribution in [3.8, 4) is 0 Å². The molecule has 0 aliphatic carbocycles. The van der Waals surface area contributed by atoms with E-state index in [9.17, 15) is 19.0 Å². The monoisotopic (exact) mass is 930 g/mol. The molecule has 0 rings (SSSR count). The van der Waals surface area contributed by atoms with Gasteiger partial charge in [-0.25, -0.2) is 0 Å². The van der Waals surface area contributed by atoms with Crippen LogP contribution in [0.15, 0.2) is 0 Å². The largest absolute Gasteiger partial charge is 0.756 e. The average molecular weight is 930 g/mol. The molecule has 382 valence electrons. The van der Waals surface area contributed by atoms with E-state index in [2.05, 4.69) is 13.8 Å². The maximum atomic E-state index is 12.7. The number of carbonyl (C=O) groups excluding carboxylic acids is 2. The molecule has 64 heavy (non-hydrogen) atoms. The van der Waals surface area contributed by atoms with E-state index in [1.54, 1.807) is 0 Å². The molecule has 0 fully saturated rings. The molecule has 0 heterocycles. The first-order chi connectivity index (χ1) is 31.0. The predicted octanol–water partition coefficient (Wildman–Crippen LogP) is 16.1. The highest BCUT2D eigenvalue weighted by atomic mass is 31.2. The zero-order chi connectivity index (χ0) is 47.1. The van der Waals surface area contributed by atoms with Crippen LogP contribution in [0.25, 0.3) is 0 Å². The zero-order valence-electron chi connectivity index (χ0n) is 43.3. The zero-order valence-corrected chi connectivity index (χ0v) is 44.2. The molecule has 0 aromatic rings. The fraction of sp³-hybridized carbons (Fsp3) is 0.963. The summed E-state index contributed by atoms with van der Waals surface area (Å²) in [4.78, 5) is 37.4. The highest BCUT2D eigenvalue weighted by Crippen LogP contribution is 2.38. The van der Waals surface area contributed by atoms with Crippen molar-refractivity contribution in [1.29, 1.82) is 0 Å². The minimum absolute atomic E-state index is 0.0261. The number of carbonyl (C=O) groups is 2. The Hall–Kier alpha value is -0.990. The molecule has 0 radical (unpaired) electrons. The summed E-state index contributed by atoms with van der Waals surface area (Å²) in [6.45, 7) is 4.21. The third kappa shape index (κ3) is 50.4. The molecular weight excluding hydrogens is 822 g/mol. The van der Waals surface area contributed by atoms with Crippen LogP contribution in [0, 0.1) is 0 Å². The van der Waals surface area contributed by atoms with Gasteiger partial charge < -0.3 is 27.9 Å². The lowest BCUT2D eigenvalue weighted by molar-refractivity contribution is -0.870. The number of phosphoric acid groups is 1. The predicted molar refractivity (Wildman–Crippen MR) is 269 cm³/mol. The van der Waals surface area contributed by atoms with E-state index in [1.165, 1.54) is 212 Å². The van der Waals surface area contributed by atoms with Gasteiger partial charge in [0, 0.05) is 12.8 Å². The molecule has 10 heteroatoms. The van der Waals surface area contributed by atoms with Gasteiger partial charge in [-0.3, -0.25) is 14.2 Å². The highest BCUT2D eigenvalue weighted by molar-refractivity contribution is 7.45. The number of hydrogen-bond donors (Lipinski definition) is 0. The fourth-order valence-electron chi connectivity index (χ4n) is 8.31. The van der Waals surface area contributed by atoms with Crippen LogP contribution in [0.3, 0.4) is 0 Å². The van der Waals surface area contributed by atoms with Crippen LogP contribution < -0.4 is 4.89 Å². The summed E-state index contributed by atoms with van der Waals surface area (Å²) < 4.78 is 33.8. The third-order valence-electron chi connectivity index (χ3n) is 12.6. The summed E-state index contributed by atoms with van der Waals surface area (Å²) in [7, 11) is 1.18. The maximum absolute atomic E-state index is 12.7. The third-order valence-corrected chi connectivity index (χ3v) is 13.6. The van der Waals surface area contributed by atoms with E-state index in [0.29, 0.717) is 17.4 Å². The van der Waals surface area contributed by atoms with Gasteiger partial charge in [0.2, 0.25) is 0 Å². The van der Waals surface area contributed by atoms with E-state index in [4.69, 9.17) is 18.5 Å². The standard InChI is InChI=1S/C54H108NO8P/c1-6-8-10-12-14-15-16-17-18-19-20-21-22-23-24-25-26-27-28-29-30-31-32-33-34-35-36-37-38-39-40-41-43-45-47-54(57)63-52(50-60-53(56)46-44-42-13-11-9-7-2)51-62-64(58,59)61-49-48-55(3,4)5/h52H,6-51H2,1-5H3. The number of rotatable bonds is 52. The Labute approximate surface area is 397 Å². The number of hydrogen-bond acceptors (Lipinski definition) is 8. The van der Waals surface area contributed by atoms with Crippen LogP contribution in [0.4, 0.5) is 0 Å². The van der Waals surface area contributed by atoms with Crippen LogP contribution >= 0.6 is 7.82 Å². The van der Waals surface area contributed by atoms with E-state index in [0.717, 1.165) is 38.5 Å². The molecule has 0 aliphatic heterocycles. The number of esters is 2. The van der Waals surface area contributed by atoms with Crippen molar-refractivity contribution in [2.75, 3.05) is 47.5 Å². The number of unbranched alkanes of at least 4 members (excludes halogenated alkanes) is 38. The van der Waals surface area contributed by atoms with E-state index >= 15 is 0 Å². The maximum Gasteiger partial charge on any atom is 0.306 e. The Morgan fingerprint density at radius 3 is 1.00 bits per heavy atom.